The van der Waals surface area contributed by atoms with Crippen molar-refractivity contribution in [2.24, 2.45) is 0 Å². The predicted octanol–water partition coefficient (Wildman–Crippen LogP) is 20.4. The number of fused-ring (bicyclic) bond motifs is 9. The Balaban J connectivity index is 1.15. The highest BCUT2D eigenvalue weighted by Crippen LogP contribution is 2.58. The van der Waals surface area contributed by atoms with E-state index in [1.165, 1.54) is 130 Å². The lowest BCUT2D eigenvalue weighted by Gasteiger charge is -2.48. The smallest absolute Gasteiger partial charge is 0.252 e. The Bertz CT molecular complexity index is 3950. The van der Waals surface area contributed by atoms with Crippen LogP contribution in [0, 0.1) is 6.92 Å². The molecule has 0 N–H and O–H groups in total. The van der Waals surface area contributed by atoms with Gasteiger partial charge >= 0.3 is 0 Å². The van der Waals surface area contributed by atoms with Gasteiger partial charge in [0.25, 0.3) is 6.71 Å². The van der Waals surface area contributed by atoms with Crippen LogP contribution in [0.3, 0.4) is 0 Å². The van der Waals surface area contributed by atoms with E-state index in [4.69, 9.17) is 0 Å². The van der Waals surface area contributed by atoms with E-state index in [9.17, 15) is 0 Å². The molecule has 5 aliphatic rings. The number of nitrogens with zero attached hydrogens (tertiary/aromatic N) is 3. The second-order valence-corrected chi connectivity index (χ2v) is 32.5. The molecule has 4 heteroatoms. The second-order valence-electron chi connectivity index (χ2n) is 32.5. The normalized spacial score (nSPS) is 18.2. The number of anilines is 9. The Morgan fingerprint density at radius 3 is 1.45 bits per heavy atom. The van der Waals surface area contributed by atoms with Crippen LogP contribution in [0.1, 0.15) is 213 Å². The largest absolute Gasteiger partial charge is 0.311 e. The summed E-state index contributed by atoms with van der Waals surface area (Å²) in [6.45, 7) is 48.4. The number of hydrogen-bond donors (Lipinski definition) is 0. The molecule has 0 saturated heterocycles. The minimum atomic E-state index is -0.228. The van der Waals surface area contributed by atoms with E-state index < -0.39 is 0 Å². The summed E-state index contributed by atoms with van der Waals surface area (Å²) in [6.07, 6.45) is 4.67. The molecule has 2 heterocycles. The Morgan fingerprint density at radius 1 is 0.393 bits per heavy atom. The first-order valence-corrected chi connectivity index (χ1v) is 31.7. The third-order valence-corrected chi connectivity index (χ3v) is 21.2. The van der Waals surface area contributed by atoms with Gasteiger partial charge in [-0.1, -0.05) is 204 Å². The minimum Gasteiger partial charge on any atom is -0.311 e. The first kappa shape index (κ1) is 56.4. The Hall–Kier alpha value is -6.78. The maximum atomic E-state index is 2.75. The molecule has 0 amide bonds. The molecule has 3 nitrogen and oxygen atoms in total. The molecule has 0 saturated carbocycles. The molecule has 430 valence electrons. The van der Waals surface area contributed by atoms with Crippen LogP contribution in [0.25, 0.3) is 11.1 Å². The maximum absolute atomic E-state index is 2.75. The zero-order chi connectivity index (χ0) is 60.0. The van der Waals surface area contributed by atoms with Crippen molar-refractivity contribution in [1.29, 1.82) is 0 Å². The van der Waals surface area contributed by atoms with Crippen LogP contribution in [0.5, 0.6) is 0 Å². The first-order chi connectivity index (χ1) is 39.2. The molecule has 8 aromatic rings. The zero-order valence-corrected chi connectivity index (χ0v) is 54.6. The SMILES string of the molecule is Cc1cc2c3c(c1)N(c1ccc4c(c1C(C)(C)C)C(C)(C)c1ccccc1-4)c1cc(N(c4ccc(C(C)(C)C)cc4)c4ccc(C(C)(C)C)cc4)ccc1B3c1cc3c(cc1N2c1ccc2c(c1)C(C)(C)CCC2(C)C)C(C)(C)CCC3(C)C. The quantitative estimate of drug-likeness (QED) is 0.159. The van der Waals surface area contributed by atoms with E-state index in [1.54, 1.807) is 0 Å². The fraction of sp³-hybridized carbons (Fsp3) is 0.400. The number of benzene rings is 8. The highest BCUT2D eigenvalue weighted by molar-refractivity contribution is 7.00. The van der Waals surface area contributed by atoms with E-state index in [0.29, 0.717) is 0 Å². The summed E-state index contributed by atoms with van der Waals surface area (Å²) in [6, 6.07) is 58.5. The Kier molecular flexibility index (Phi) is 12.3. The van der Waals surface area contributed by atoms with E-state index in [-0.39, 0.29) is 50.0 Å². The van der Waals surface area contributed by atoms with Crippen LogP contribution in [0.2, 0.25) is 0 Å². The van der Waals surface area contributed by atoms with Gasteiger partial charge in [-0.2, -0.15) is 0 Å². The average Bonchev–Trinajstić information content (AvgIpc) is 0.935. The topological polar surface area (TPSA) is 9.72 Å². The molecular formula is C80H92BN3. The fourth-order valence-corrected chi connectivity index (χ4v) is 16.0. The van der Waals surface area contributed by atoms with E-state index in [0.717, 1.165) is 29.9 Å². The molecule has 8 aromatic carbocycles. The van der Waals surface area contributed by atoms with Crippen molar-refractivity contribution in [1.82, 2.24) is 0 Å². The third kappa shape index (κ3) is 8.62. The summed E-state index contributed by atoms with van der Waals surface area (Å²) in [7, 11) is 0. The van der Waals surface area contributed by atoms with Crippen LogP contribution in [0.15, 0.2) is 146 Å². The van der Waals surface area contributed by atoms with E-state index in [1.807, 2.05) is 0 Å². The molecule has 3 aliphatic carbocycles. The molecule has 0 unspecified atom stereocenters. The molecule has 0 radical (unpaired) electrons. The van der Waals surface area contributed by atoms with Crippen molar-refractivity contribution in [2.75, 3.05) is 14.7 Å². The van der Waals surface area contributed by atoms with Crippen LogP contribution >= 0.6 is 0 Å². The minimum absolute atomic E-state index is 0.0118. The second kappa shape index (κ2) is 18.4. The Morgan fingerprint density at radius 2 is 0.893 bits per heavy atom. The van der Waals surface area contributed by atoms with Crippen molar-refractivity contribution in [2.45, 2.75) is 207 Å². The maximum Gasteiger partial charge on any atom is 0.252 e. The number of aryl methyl sites for hydroxylation is 1. The van der Waals surface area contributed by atoms with Crippen molar-refractivity contribution in [3.05, 3.63) is 201 Å². The van der Waals surface area contributed by atoms with Gasteiger partial charge in [0, 0.05) is 50.9 Å². The van der Waals surface area contributed by atoms with Crippen molar-refractivity contribution in [3.63, 3.8) is 0 Å². The molecule has 13 rings (SSSR count). The molecule has 84 heavy (non-hydrogen) atoms. The monoisotopic (exact) mass is 1110 g/mol. The number of rotatable bonds is 5. The van der Waals surface area contributed by atoms with Gasteiger partial charge in [0.05, 0.1) is 5.69 Å². The van der Waals surface area contributed by atoms with Crippen LogP contribution in [-0.4, -0.2) is 6.71 Å². The molecule has 0 atom stereocenters. The van der Waals surface area contributed by atoms with Crippen LogP contribution in [-0.2, 0) is 43.3 Å². The first-order valence-electron chi connectivity index (χ1n) is 31.7. The van der Waals surface area contributed by atoms with Crippen LogP contribution in [0.4, 0.5) is 51.2 Å². The summed E-state index contributed by atoms with van der Waals surface area (Å²) >= 11 is 0. The molecule has 0 aromatic heterocycles. The Labute approximate surface area is 506 Å². The molecule has 0 bridgehead atoms. The lowest BCUT2D eigenvalue weighted by Crippen LogP contribution is -2.62. The highest BCUT2D eigenvalue weighted by atomic mass is 15.2. The summed E-state index contributed by atoms with van der Waals surface area (Å²) in [5, 5.41) is 0. The predicted molar refractivity (Wildman–Crippen MR) is 364 cm³/mol. The molecule has 2 aliphatic heterocycles. The van der Waals surface area contributed by atoms with Gasteiger partial charge in [-0.15, -0.1) is 0 Å². The van der Waals surface area contributed by atoms with Crippen molar-refractivity contribution >= 4 is 74.3 Å². The van der Waals surface area contributed by atoms with Gasteiger partial charge in [-0.25, -0.2) is 0 Å². The van der Waals surface area contributed by atoms with E-state index >= 15 is 0 Å². The molecule has 0 spiro atoms. The van der Waals surface area contributed by atoms with Crippen LogP contribution < -0.4 is 31.1 Å². The third-order valence-electron chi connectivity index (χ3n) is 21.2. The van der Waals surface area contributed by atoms with Gasteiger partial charge in [0.15, 0.2) is 0 Å². The van der Waals surface area contributed by atoms with Gasteiger partial charge in [0.1, 0.15) is 0 Å². The molecular weight excluding hydrogens is 1010 g/mol. The van der Waals surface area contributed by atoms with Gasteiger partial charge in [0.2, 0.25) is 0 Å². The highest BCUT2D eigenvalue weighted by Gasteiger charge is 2.49. The average molecular weight is 1110 g/mol. The van der Waals surface area contributed by atoms with Crippen molar-refractivity contribution < 1.29 is 0 Å². The zero-order valence-electron chi connectivity index (χ0n) is 54.6. The van der Waals surface area contributed by atoms with Gasteiger partial charge in [-0.3, -0.25) is 0 Å². The lowest BCUT2D eigenvalue weighted by molar-refractivity contribution is 0.332. The molecule has 0 fully saturated rings. The lowest BCUT2D eigenvalue weighted by atomic mass is 9.33. The summed E-state index contributed by atoms with van der Waals surface area (Å²) in [5.41, 5.74) is 31.8. The van der Waals surface area contributed by atoms with E-state index in [2.05, 4.69) is 299 Å². The van der Waals surface area contributed by atoms with Gasteiger partial charge < -0.3 is 14.7 Å². The standard InChI is InChI=1S/C80H92BN3/c1-49-43-68-72-69(44-49)84(65-38-35-57-56-23-21-22-24-58(56)80(19,20)70(57)71(65)75(8,9)10)66-46-55(82(52-29-25-50(26-30-52)73(2,3)4)53-31-27-51(28-32-53)74(5,6)7)34-37-63(66)81(72)64-47-61-62(79(17,18)42-41-78(61,15)16)48-67(64)83(68)54-33-36-59-60(45-54)77(13,14)40-39-76(59,11)12/h21-38,43-48H,39-42H2,1-20H3. The summed E-state index contributed by atoms with van der Waals surface area (Å²) in [4.78, 5) is 7.98. The summed E-state index contributed by atoms with van der Waals surface area (Å²) < 4.78 is 0. The van der Waals surface area contributed by atoms with Crippen molar-refractivity contribution in [3.8, 4) is 11.1 Å². The summed E-state index contributed by atoms with van der Waals surface area (Å²) in [5.74, 6) is 0. The fourth-order valence-electron chi connectivity index (χ4n) is 16.0. The van der Waals surface area contributed by atoms with Gasteiger partial charge in [-0.05, 0) is 226 Å². The number of hydrogen-bond acceptors (Lipinski definition) is 3.